The predicted molar refractivity (Wildman–Crippen MR) is 72.2 cm³/mol. The molecular formula is C14H27N. The molecule has 88 valence electrons. The lowest BCUT2D eigenvalue weighted by Gasteiger charge is -2.18. The van der Waals surface area contributed by atoms with Gasteiger partial charge in [-0.2, -0.15) is 0 Å². The molecule has 15 heavy (non-hydrogen) atoms. The third-order valence-corrected chi connectivity index (χ3v) is 1.97. The Morgan fingerprint density at radius 3 is 2.20 bits per heavy atom. The first-order valence-corrected chi connectivity index (χ1v) is 6.06. The molecule has 0 radical (unpaired) electrons. The maximum atomic E-state index is 3.70. The third kappa shape index (κ3) is 7.15. The monoisotopic (exact) mass is 209 g/mol. The predicted octanol–water partition coefficient (Wildman–Crippen LogP) is 4.09. The number of hydrogen-bond donors (Lipinski definition) is 1. The zero-order valence-electron chi connectivity index (χ0n) is 11.1. The van der Waals surface area contributed by atoms with Crippen molar-refractivity contribution in [3.05, 3.63) is 36.0 Å². The molecule has 0 aromatic heterocycles. The molecule has 1 saturated heterocycles. The minimum Gasteiger partial charge on any atom is -0.312 e. The molecule has 1 aliphatic heterocycles. The van der Waals surface area contributed by atoms with Crippen LogP contribution in [-0.2, 0) is 0 Å². The van der Waals surface area contributed by atoms with Gasteiger partial charge in [0.05, 0.1) is 0 Å². The van der Waals surface area contributed by atoms with E-state index in [2.05, 4.69) is 31.0 Å². The van der Waals surface area contributed by atoms with Gasteiger partial charge in [-0.15, -0.1) is 0 Å². The van der Waals surface area contributed by atoms with Gasteiger partial charge in [0.15, 0.2) is 0 Å². The summed E-state index contributed by atoms with van der Waals surface area (Å²) in [6.45, 7) is 15.9. The molecule has 0 aliphatic carbocycles. The van der Waals surface area contributed by atoms with Crippen molar-refractivity contribution in [2.24, 2.45) is 0 Å². The highest BCUT2D eigenvalue weighted by Gasteiger charge is 2.07. The first-order valence-electron chi connectivity index (χ1n) is 6.06. The molecule has 0 bridgehead atoms. The standard InChI is InChI=1S/C10H15N.2C2H6/c1-3-5-10-6-7-11-8-9(10)4-2;2*1-2/h3-5,11H,1,6-8H2,2H3;2*1-2H3/b9-4-,10-5-;;. The fraction of sp³-hybridized carbons (Fsp3) is 0.571. The molecule has 1 aliphatic rings. The Kier molecular flexibility index (Phi) is 14.6. The Hall–Kier alpha value is -0.820. The van der Waals surface area contributed by atoms with Gasteiger partial charge >= 0.3 is 0 Å². The van der Waals surface area contributed by atoms with Crippen LogP contribution in [0.1, 0.15) is 41.0 Å². The van der Waals surface area contributed by atoms with Gasteiger partial charge in [-0.25, -0.2) is 0 Å². The zero-order chi connectivity index (χ0) is 12.1. The molecule has 0 saturated carbocycles. The number of allylic oxidation sites excluding steroid dienone is 3. The van der Waals surface area contributed by atoms with Crippen LogP contribution in [0.2, 0.25) is 0 Å². The second-order valence-electron chi connectivity index (χ2n) is 2.67. The summed E-state index contributed by atoms with van der Waals surface area (Å²) >= 11 is 0. The van der Waals surface area contributed by atoms with Crippen LogP contribution in [0.5, 0.6) is 0 Å². The summed E-state index contributed by atoms with van der Waals surface area (Å²) in [5, 5.41) is 3.33. The Balaban J connectivity index is 0. The number of nitrogens with one attached hydrogen (secondary N) is 1. The molecule has 1 heterocycles. The minimum atomic E-state index is 1.01. The van der Waals surface area contributed by atoms with Crippen LogP contribution in [0, 0.1) is 0 Å². The van der Waals surface area contributed by atoms with Gasteiger partial charge in [0.1, 0.15) is 0 Å². The van der Waals surface area contributed by atoms with Gasteiger partial charge in [-0.3, -0.25) is 0 Å². The molecule has 0 spiro atoms. The summed E-state index contributed by atoms with van der Waals surface area (Å²) in [5.74, 6) is 0. The summed E-state index contributed by atoms with van der Waals surface area (Å²) in [6, 6.07) is 0. The first-order chi connectivity index (χ1) is 7.38. The highest BCUT2D eigenvalue weighted by atomic mass is 14.9. The zero-order valence-corrected chi connectivity index (χ0v) is 11.1. The number of rotatable bonds is 1. The summed E-state index contributed by atoms with van der Waals surface area (Å²) in [4.78, 5) is 0. The maximum Gasteiger partial charge on any atom is 0.0205 e. The third-order valence-electron chi connectivity index (χ3n) is 1.97. The van der Waals surface area contributed by atoms with Gasteiger partial charge in [-0.1, -0.05) is 52.5 Å². The van der Waals surface area contributed by atoms with E-state index in [0.717, 1.165) is 19.5 Å². The lowest BCUT2D eigenvalue weighted by molar-refractivity contribution is 0.682. The number of piperidine rings is 1. The van der Waals surface area contributed by atoms with Gasteiger partial charge in [0.2, 0.25) is 0 Å². The van der Waals surface area contributed by atoms with Crippen LogP contribution in [0.15, 0.2) is 36.0 Å². The highest BCUT2D eigenvalue weighted by molar-refractivity contribution is 5.35. The Bertz CT molecular complexity index is 199. The van der Waals surface area contributed by atoms with Crippen LogP contribution in [-0.4, -0.2) is 13.1 Å². The Labute approximate surface area is 96.0 Å². The molecule has 1 heteroatoms. The molecule has 1 nitrogen and oxygen atoms in total. The topological polar surface area (TPSA) is 12.0 Å². The molecule has 0 amide bonds. The van der Waals surface area contributed by atoms with E-state index in [-0.39, 0.29) is 0 Å². The summed E-state index contributed by atoms with van der Waals surface area (Å²) in [5.41, 5.74) is 2.84. The average molecular weight is 209 g/mol. The van der Waals surface area contributed by atoms with Crippen molar-refractivity contribution < 1.29 is 0 Å². The van der Waals surface area contributed by atoms with E-state index < -0.39 is 0 Å². The van der Waals surface area contributed by atoms with E-state index in [4.69, 9.17) is 0 Å². The highest BCUT2D eigenvalue weighted by Crippen LogP contribution is 2.16. The molecule has 0 aromatic carbocycles. The molecular weight excluding hydrogens is 182 g/mol. The lowest BCUT2D eigenvalue weighted by Crippen LogP contribution is -2.25. The smallest absolute Gasteiger partial charge is 0.0205 e. The van der Waals surface area contributed by atoms with Crippen LogP contribution >= 0.6 is 0 Å². The van der Waals surface area contributed by atoms with E-state index in [1.54, 1.807) is 0 Å². The van der Waals surface area contributed by atoms with Crippen molar-refractivity contribution in [1.82, 2.24) is 5.32 Å². The fourth-order valence-electron chi connectivity index (χ4n) is 1.34. The number of hydrogen-bond acceptors (Lipinski definition) is 1. The van der Waals surface area contributed by atoms with Gasteiger partial charge < -0.3 is 5.32 Å². The van der Waals surface area contributed by atoms with Gasteiger partial charge in [0, 0.05) is 6.54 Å². The summed E-state index contributed by atoms with van der Waals surface area (Å²) < 4.78 is 0. The van der Waals surface area contributed by atoms with E-state index in [1.807, 2.05) is 33.8 Å². The van der Waals surface area contributed by atoms with E-state index in [0.29, 0.717) is 0 Å². The SMILES string of the molecule is C=C/C=C1/CCNC/C1=C/C.CC.CC. The largest absolute Gasteiger partial charge is 0.312 e. The Morgan fingerprint density at radius 2 is 1.73 bits per heavy atom. The minimum absolute atomic E-state index is 1.01. The van der Waals surface area contributed by atoms with E-state index in [1.165, 1.54) is 11.1 Å². The Morgan fingerprint density at radius 1 is 1.13 bits per heavy atom. The van der Waals surface area contributed by atoms with Crippen molar-refractivity contribution in [3.63, 3.8) is 0 Å². The second-order valence-corrected chi connectivity index (χ2v) is 2.67. The van der Waals surface area contributed by atoms with Crippen LogP contribution in [0.4, 0.5) is 0 Å². The first kappa shape index (κ1) is 16.6. The second kappa shape index (κ2) is 13.2. The molecule has 0 unspecified atom stereocenters. The van der Waals surface area contributed by atoms with Crippen molar-refractivity contribution in [1.29, 1.82) is 0 Å². The van der Waals surface area contributed by atoms with Crippen LogP contribution < -0.4 is 5.32 Å². The summed E-state index contributed by atoms with van der Waals surface area (Å²) in [6.07, 6.45) is 7.27. The molecule has 1 N–H and O–H groups in total. The van der Waals surface area contributed by atoms with Crippen molar-refractivity contribution in [2.45, 2.75) is 41.0 Å². The molecule has 0 atom stereocenters. The molecule has 0 aromatic rings. The van der Waals surface area contributed by atoms with Gasteiger partial charge in [-0.05, 0) is 31.0 Å². The fourth-order valence-corrected chi connectivity index (χ4v) is 1.34. The molecule has 1 rings (SSSR count). The van der Waals surface area contributed by atoms with Crippen molar-refractivity contribution in [3.8, 4) is 0 Å². The molecule has 1 fully saturated rings. The normalized spacial score (nSPS) is 19.8. The van der Waals surface area contributed by atoms with Crippen LogP contribution in [0.3, 0.4) is 0 Å². The maximum absolute atomic E-state index is 3.70. The van der Waals surface area contributed by atoms with E-state index in [9.17, 15) is 0 Å². The van der Waals surface area contributed by atoms with Crippen molar-refractivity contribution >= 4 is 0 Å². The van der Waals surface area contributed by atoms with Crippen LogP contribution in [0.25, 0.3) is 0 Å². The average Bonchev–Trinajstić information content (AvgIpc) is 2.35. The van der Waals surface area contributed by atoms with Gasteiger partial charge in [0.25, 0.3) is 0 Å². The lowest BCUT2D eigenvalue weighted by atomic mass is 9.99. The van der Waals surface area contributed by atoms with Crippen molar-refractivity contribution in [2.75, 3.05) is 13.1 Å². The summed E-state index contributed by atoms with van der Waals surface area (Å²) in [7, 11) is 0. The van der Waals surface area contributed by atoms with E-state index >= 15 is 0 Å². The quantitative estimate of drug-likeness (QED) is 0.686.